The average molecular weight is 331 g/mol. The SMILES string of the molecule is CCC(C)c1ccc(NC(=O)COC(=O)CCC2CCCC2)cc1. The van der Waals surface area contributed by atoms with Gasteiger partial charge in [0.15, 0.2) is 6.61 Å². The van der Waals surface area contributed by atoms with Crippen LogP contribution in [0.2, 0.25) is 0 Å². The van der Waals surface area contributed by atoms with E-state index in [-0.39, 0.29) is 18.5 Å². The Hall–Kier alpha value is -1.84. The largest absolute Gasteiger partial charge is 0.456 e. The number of rotatable bonds is 8. The Morgan fingerprint density at radius 3 is 2.50 bits per heavy atom. The van der Waals surface area contributed by atoms with Crippen molar-refractivity contribution >= 4 is 17.6 Å². The number of hydrogen-bond donors (Lipinski definition) is 1. The van der Waals surface area contributed by atoms with Gasteiger partial charge in [-0.3, -0.25) is 9.59 Å². The van der Waals surface area contributed by atoms with Crippen LogP contribution >= 0.6 is 0 Å². The molecule has 1 N–H and O–H groups in total. The molecule has 0 bridgehead atoms. The molecule has 1 unspecified atom stereocenters. The Morgan fingerprint density at radius 2 is 1.88 bits per heavy atom. The minimum absolute atomic E-state index is 0.212. The Labute approximate surface area is 145 Å². The highest BCUT2D eigenvalue weighted by atomic mass is 16.5. The number of carbonyl (C=O) groups is 2. The first kappa shape index (κ1) is 18.5. The molecule has 1 saturated carbocycles. The molecule has 1 aromatic rings. The van der Waals surface area contributed by atoms with Crippen LogP contribution in [0.4, 0.5) is 5.69 Å². The fraction of sp³-hybridized carbons (Fsp3) is 0.600. The van der Waals surface area contributed by atoms with Gasteiger partial charge in [-0.05, 0) is 42.4 Å². The molecule has 1 fully saturated rings. The summed E-state index contributed by atoms with van der Waals surface area (Å²) in [6, 6.07) is 7.83. The molecule has 1 amide bonds. The van der Waals surface area contributed by atoms with E-state index in [1.165, 1.54) is 31.2 Å². The highest BCUT2D eigenvalue weighted by molar-refractivity contribution is 5.92. The number of benzene rings is 1. The predicted octanol–water partition coefficient (Wildman–Crippen LogP) is 4.65. The summed E-state index contributed by atoms with van der Waals surface area (Å²) in [6.45, 7) is 4.12. The van der Waals surface area contributed by atoms with Crippen LogP contribution in [0.25, 0.3) is 0 Å². The van der Waals surface area contributed by atoms with Crippen molar-refractivity contribution in [2.75, 3.05) is 11.9 Å². The van der Waals surface area contributed by atoms with Gasteiger partial charge >= 0.3 is 5.97 Å². The molecular weight excluding hydrogens is 302 g/mol. The lowest BCUT2D eigenvalue weighted by molar-refractivity contribution is -0.147. The molecule has 1 aliphatic carbocycles. The number of ether oxygens (including phenoxy) is 1. The quantitative estimate of drug-likeness (QED) is 0.705. The van der Waals surface area contributed by atoms with Crippen molar-refractivity contribution in [3.63, 3.8) is 0 Å². The normalized spacial score (nSPS) is 15.9. The summed E-state index contributed by atoms with van der Waals surface area (Å²) in [7, 11) is 0. The molecule has 0 heterocycles. The van der Waals surface area contributed by atoms with Gasteiger partial charge in [0.2, 0.25) is 0 Å². The smallest absolute Gasteiger partial charge is 0.306 e. The van der Waals surface area contributed by atoms with E-state index in [0.717, 1.165) is 18.5 Å². The predicted molar refractivity (Wildman–Crippen MR) is 95.9 cm³/mol. The van der Waals surface area contributed by atoms with Crippen molar-refractivity contribution in [3.05, 3.63) is 29.8 Å². The summed E-state index contributed by atoms with van der Waals surface area (Å²) in [4.78, 5) is 23.6. The minimum Gasteiger partial charge on any atom is -0.456 e. The number of esters is 1. The number of amides is 1. The van der Waals surface area contributed by atoms with Crippen LogP contribution in [0.3, 0.4) is 0 Å². The van der Waals surface area contributed by atoms with Gasteiger partial charge in [0.1, 0.15) is 0 Å². The van der Waals surface area contributed by atoms with Crippen molar-refractivity contribution in [1.82, 2.24) is 0 Å². The number of carbonyl (C=O) groups excluding carboxylic acids is 2. The number of anilines is 1. The molecule has 0 spiro atoms. The van der Waals surface area contributed by atoms with Gasteiger partial charge in [-0.15, -0.1) is 0 Å². The molecule has 0 radical (unpaired) electrons. The minimum atomic E-state index is -0.291. The average Bonchev–Trinajstić information content (AvgIpc) is 3.11. The lowest BCUT2D eigenvalue weighted by atomic mass is 9.99. The summed E-state index contributed by atoms with van der Waals surface area (Å²) in [5, 5.41) is 2.76. The molecule has 4 nitrogen and oxygen atoms in total. The Morgan fingerprint density at radius 1 is 1.21 bits per heavy atom. The third-order valence-corrected chi connectivity index (χ3v) is 4.97. The lowest BCUT2D eigenvalue weighted by Crippen LogP contribution is -2.21. The standard InChI is InChI=1S/C20H29NO3/c1-3-15(2)17-9-11-18(12-10-17)21-19(22)14-24-20(23)13-8-16-6-4-5-7-16/h9-12,15-16H,3-8,13-14H2,1-2H3,(H,21,22). The van der Waals surface area contributed by atoms with Gasteiger partial charge in [0.05, 0.1) is 0 Å². The van der Waals surface area contributed by atoms with Gasteiger partial charge < -0.3 is 10.1 Å². The Bertz CT molecular complexity index is 532. The topological polar surface area (TPSA) is 55.4 Å². The second-order valence-corrected chi connectivity index (χ2v) is 6.83. The van der Waals surface area contributed by atoms with Gasteiger partial charge in [0.25, 0.3) is 5.91 Å². The van der Waals surface area contributed by atoms with Gasteiger partial charge in [0, 0.05) is 12.1 Å². The molecule has 0 aliphatic heterocycles. The van der Waals surface area contributed by atoms with Crippen LogP contribution < -0.4 is 5.32 Å². The molecule has 1 aromatic carbocycles. The molecule has 1 atom stereocenters. The summed E-state index contributed by atoms with van der Waals surface area (Å²) >= 11 is 0. The van der Waals surface area contributed by atoms with E-state index in [1.807, 2.05) is 24.3 Å². The van der Waals surface area contributed by atoms with Crippen LogP contribution in [-0.2, 0) is 14.3 Å². The first-order valence-corrected chi connectivity index (χ1v) is 9.14. The zero-order valence-electron chi connectivity index (χ0n) is 14.8. The van der Waals surface area contributed by atoms with E-state index in [2.05, 4.69) is 19.2 Å². The summed E-state index contributed by atoms with van der Waals surface area (Å²) in [5.74, 6) is 0.607. The second-order valence-electron chi connectivity index (χ2n) is 6.83. The molecule has 24 heavy (non-hydrogen) atoms. The van der Waals surface area contributed by atoms with Crippen molar-refractivity contribution < 1.29 is 14.3 Å². The second kappa shape index (κ2) is 9.45. The monoisotopic (exact) mass is 331 g/mol. The highest BCUT2D eigenvalue weighted by Crippen LogP contribution is 2.28. The van der Waals surface area contributed by atoms with Crippen molar-refractivity contribution in [3.8, 4) is 0 Å². The van der Waals surface area contributed by atoms with Crippen molar-refractivity contribution in [1.29, 1.82) is 0 Å². The van der Waals surface area contributed by atoms with E-state index < -0.39 is 0 Å². The molecule has 4 heteroatoms. The maximum absolute atomic E-state index is 11.9. The van der Waals surface area contributed by atoms with Crippen LogP contribution in [0.5, 0.6) is 0 Å². The zero-order chi connectivity index (χ0) is 17.4. The van der Waals surface area contributed by atoms with Crippen molar-refractivity contribution in [2.45, 2.75) is 64.7 Å². The molecule has 2 rings (SSSR count). The summed E-state index contributed by atoms with van der Waals surface area (Å²) in [5.41, 5.74) is 1.99. The number of hydrogen-bond acceptors (Lipinski definition) is 3. The van der Waals surface area contributed by atoms with E-state index in [1.54, 1.807) is 0 Å². The van der Waals surface area contributed by atoms with E-state index in [4.69, 9.17) is 4.74 Å². The molecule has 132 valence electrons. The number of nitrogens with one attached hydrogen (secondary N) is 1. The van der Waals surface area contributed by atoms with Gasteiger partial charge in [-0.1, -0.05) is 51.7 Å². The van der Waals surface area contributed by atoms with E-state index in [0.29, 0.717) is 18.3 Å². The zero-order valence-corrected chi connectivity index (χ0v) is 14.8. The highest BCUT2D eigenvalue weighted by Gasteiger charge is 2.17. The molecule has 0 saturated heterocycles. The van der Waals surface area contributed by atoms with E-state index >= 15 is 0 Å². The lowest BCUT2D eigenvalue weighted by Gasteiger charge is -2.11. The maximum atomic E-state index is 11.9. The van der Waals surface area contributed by atoms with Gasteiger partial charge in [-0.25, -0.2) is 0 Å². The first-order chi connectivity index (χ1) is 11.6. The molecule has 1 aliphatic rings. The van der Waals surface area contributed by atoms with Crippen LogP contribution in [0.1, 0.15) is 70.3 Å². The Balaban J connectivity index is 1.67. The maximum Gasteiger partial charge on any atom is 0.306 e. The summed E-state index contributed by atoms with van der Waals surface area (Å²) < 4.78 is 5.06. The third kappa shape index (κ3) is 5.99. The van der Waals surface area contributed by atoms with Crippen LogP contribution in [0, 0.1) is 5.92 Å². The first-order valence-electron chi connectivity index (χ1n) is 9.14. The fourth-order valence-electron chi connectivity index (χ4n) is 3.17. The van der Waals surface area contributed by atoms with Gasteiger partial charge in [-0.2, -0.15) is 0 Å². The van der Waals surface area contributed by atoms with E-state index in [9.17, 15) is 9.59 Å². The fourth-order valence-corrected chi connectivity index (χ4v) is 3.17. The molecular formula is C20H29NO3. The van der Waals surface area contributed by atoms with Crippen molar-refractivity contribution in [2.24, 2.45) is 5.92 Å². The molecule has 0 aromatic heterocycles. The summed E-state index contributed by atoms with van der Waals surface area (Å²) in [6.07, 6.45) is 7.39. The third-order valence-electron chi connectivity index (χ3n) is 4.97. The van der Waals surface area contributed by atoms with Crippen LogP contribution in [0.15, 0.2) is 24.3 Å². The van der Waals surface area contributed by atoms with Crippen LogP contribution in [-0.4, -0.2) is 18.5 Å². The Kier molecular flexibility index (Phi) is 7.29.